The number of hydrogen-bond acceptors (Lipinski definition) is 4. The van der Waals surface area contributed by atoms with Gasteiger partial charge in [0, 0.05) is 38.0 Å². The van der Waals surface area contributed by atoms with Gasteiger partial charge in [0.25, 0.3) is 5.91 Å². The summed E-state index contributed by atoms with van der Waals surface area (Å²) in [6.07, 6.45) is 3.72. The SMILES string of the molecule is O=C(c1ccc(F)cc1F)N1CCC(C(=O)N2CCC[C@@H]2c2ccc3c(c2)OCCCO3)CC1. The lowest BCUT2D eigenvalue weighted by molar-refractivity contribution is -0.137. The van der Waals surface area contributed by atoms with Crippen molar-refractivity contribution in [2.24, 2.45) is 5.92 Å². The number of carbonyl (C=O) groups excluding carboxylic acids is 2. The van der Waals surface area contributed by atoms with Gasteiger partial charge in [-0.15, -0.1) is 0 Å². The smallest absolute Gasteiger partial charge is 0.256 e. The summed E-state index contributed by atoms with van der Waals surface area (Å²) in [5.41, 5.74) is 0.912. The Morgan fingerprint density at radius 3 is 2.38 bits per heavy atom. The lowest BCUT2D eigenvalue weighted by Crippen LogP contribution is -2.44. The molecule has 8 heteroatoms. The molecule has 3 aliphatic heterocycles. The second-order valence-electron chi connectivity index (χ2n) is 9.14. The zero-order valence-electron chi connectivity index (χ0n) is 19.0. The molecule has 3 heterocycles. The molecule has 34 heavy (non-hydrogen) atoms. The predicted octanol–water partition coefficient (Wildman–Crippen LogP) is 4.34. The number of likely N-dealkylation sites (tertiary alicyclic amines) is 2. The summed E-state index contributed by atoms with van der Waals surface area (Å²) < 4.78 is 38.8. The maximum atomic E-state index is 14.0. The Balaban J connectivity index is 1.24. The van der Waals surface area contributed by atoms with Crippen LogP contribution in [0.4, 0.5) is 8.78 Å². The average Bonchev–Trinajstić information content (AvgIpc) is 3.22. The third-order valence-corrected chi connectivity index (χ3v) is 6.99. The van der Waals surface area contributed by atoms with E-state index in [9.17, 15) is 18.4 Å². The Morgan fingerprint density at radius 2 is 1.62 bits per heavy atom. The minimum Gasteiger partial charge on any atom is -0.490 e. The van der Waals surface area contributed by atoms with E-state index in [-0.39, 0.29) is 23.4 Å². The summed E-state index contributed by atoms with van der Waals surface area (Å²) in [4.78, 5) is 29.6. The fourth-order valence-corrected chi connectivity index (χ4v) is 5.16. The predicted molar refractivity (Wildman–Crippen MR) is 121 cm³/mol. The summed E-state index contributed by atoms with van der Waals surface area (Å²) >= 11 is 0. The number of nitrogens with zero attached hydrogens (tertiary/aromatic N) is 2. The minimum atomic E-state index is -0.863. The molecule has 180 valence electrons. The molecule has 1 atom stereocenters. The van der Waals surface area contributed by atoms with E-state index in [0.717, 1.165) is 48.5 Å². The Hall–Kier alpha value is -3.16. The summed E-state index contributed by atoms with van der Waals surface area (Å²) in [5, 5.41) is 0. The van der Waals surface area contributed by atoms with Crippen LogP contribution < -0.4 is 9.47 Å². The molecule has 2 amide bonds. The number of amides is 2. The topological polar surface area (TPSA) is 59.1 Å². The molecule has 2 aromatic rings. The number of piperidine rings is 1. The van der Waals surface area contributed by atoms with Crippen LogP contribution in [0.2, 0.25) is 0 Å². The van der Waals surface area contributed by atoms with Gasteiger partial charge in [0.05, 0.1) is 24.8 Å². The lowest BCUT2D eigenvalue weighted by Gasteiger charge is -2.35. The van der Waals surface area contributed by atoms with Crippen molar-refractivity contribution in [2.75, 3.05) is 32.8 Å². The van der Waals surface area contributed by atoms with Gasteiger partial charge in [0.1, 0.15) is 11.6 Å². The monoisotopic (exact) mass is 470 g/mol. The standard InChI is InChI=1S/C26H28F2N2O4/c27-19-5-6-20(21(28)16-19)26(32)29-11-8-17(9-12-29)25(31)30-10-1-3-22(30)18-4-7-23-24(15-18)34-14-2-13-33-23/h4-7,15-17,22H,1-3,8-14H2/t22-/m1/s1. The average molecular weight is 471 g/mol. The second-order valence-corrected chi connectivity index (χ2v) is 9.14. The molecule has 0 aromatic heterocycles. The first-order valence-corrected chi connectivity index (χ1v) is 12.0. The molecule has 0 bridgehead atoms. The van der Waals surface area contributed by atoms with Crippen molar-refractivity contribution in [3.05, 3.63) is 59.2 Å². The number of benzene rings is 2. The number of fused-ring (bicyclic) bond motifs is 1. The zero-order valence-corrected chi connectivity index (χ0v) is 19.0. The lowest BCUT2D eigenvalue weighted by atomic mass is 9.93. The largest absolute Gasteiger partial charge is 0.490 e. The molecule has 5 rings (SSSR count). The fourth-order valence-electron chi connectivity index (χ4n) is 5.16. The van der Waals surface area contributed by atoms with Gasteiger partial charge in [0.2, 0.25) is 5.91 Å². The van der Waals surface area contributed by atoms with Crippen molar-refractivity contribution in [2.45, 2.75) is 38.1 Å². The molecule has 0 aliphatic carbocycles. The van der Waals surface area contributed by atoms with Crippen LogP contribution in [-0.2, 0) is 4.79 Å². The van der Waals surface area contributed by atoms with Crippen LogP contribution in [0.3, 0.4) is 0 Å². The van der Waals surface area contributed by atoms with E-state index in [1.54, 1.807) is 4.90 Å². The minimum absolute atomic E-state index is 0.00220. The summed E-state index contributed by atoms with van der Waals surface area (Å²) in [6, 6.07) is 8.91. The van der Waals surface area contributed by atoms with Crippen molar-refractivity contribution < 1.29 is 27.8 Å². The maximum Gasteiger partial charge on any atom is 0.256 e. The van der Waals surface area contributed by atoms with Gasteiger partial charge in [0.15, 0.2) is 11.5 Å². The Morgan fingerprint density at radius 1 is 0.853 bits per heavy atom. The molecular weight excluding hydrogens is 442 g/mol. The Kier molecular flexibility index (Phi) is 6.39. The maximum absolute atomic E-state index is 14.0. The third-order valence-electron chi connectivity index (χ3n) is 6.99. The van der Waals surface area contributed by atoms with E-state index in [1.165, 1.54) is 6.07 Å². The molecule has 0 radical (unpaired) electrons. The van der Waals surface area contributed by atoms with Gasteiger partial charge in [-0.1, -0.05) is 6.07 Å². The second kappa shape index (κ2) is 9.60. The van der Waals surface area contributed by atoms with Gasteiger partial charge >= 0.3 is 0 Å². The van der Waals surface area contributed by atoms with Crippen LogP contribution in [0.1, 0.15) is 54.1 Å². The number of ether oxygens (including phenoxy) is 2. The van der Waals surface area contributed by atoms with Crippen LogP contribution in [0, 0.1) is 17.6 Å². The number of rotatable bonds is 3. The molecule has 0 saturated carbocycles. The molecule has 3 aliphatic rings. The van der Waals surface area contributed by atoms with E-state index < -0.39 is 17.5 Å². The summed E-state index contributed by atoms with van der Waals surface area (Å²) in [5.74, 6) is -0.640. The molecule has 2 saturated heterocycles. The molecule has 0 spiro atoms. The van der Waals surface area contributed by atoms with Crippen LogP contribution in [0.15, 0.2) is 36.4 Å². The first-order chi connectivity index (χ1) is 16.5. The van der Waals surface area contributed by atoms with Crippen LogP contribution in [-0.4, -0.2) is 54.5 Å². The molecule has 2 aromatic carbocycles. The van der Waals surface area contributed by atoms with Crippen molar-refractivity contribution in [3.8, 4) is 11.5 Å². The normalized spacial score (nSPS) is 20.8. The van der Waals surface area contributed by atoms with Gasteiger partial charge < -0.3 is 19.3 Å². The molecule has 6 nitrogen and oxygen atoms in total. The molecule has 0 N–H and O–H groups in total. The van der Waals surface area contributed by atoms with E-state index in [1.807, 2.05) is 23.1 Å². The van der Waals surface area contributed by atoms with Crippen LogP contribution in [0.5, 0.6) is 11.5 Å². The van der Waals surface area contributed by atoms with Crippen molar-refractivity contribution >= 4 is 11.8 Å². The van der Waals surface area contributed by atoms with E-state index in [0.29, 0.717) is 45.7 Å². The van der Waals surface area contributed by atoms with Gasteiger partial charge in [-0.25, -0.2) is 8.78 Å². The first-order valence-electron chi connectivity index (χ1n) is 12.0. The zero-order chi connectivity index (χ0) is 23.7. The van der Waals surface area contributed by atoms with E-state index in [2.05, 4.69) is 0 Å². The number of carbonyl (C=O) groups is 2. The van der Waals surface area contributed by atoms with Crippen LogP contribution >= 0.6 is 0 Å². The Bertz CT molecular complexity index is 1080. The van der Waals surface area contributed by atoms with Crippen molar-refractivity contribution in [3.63, 3.8) is 0 Å². The van der Waals surface area contributed by atoms with Crippen molar-refractivity contribution in [1.29, 1.82) is 0 Å². The van der Waals surface area contributed by atoms with Crippen LogP contribution in [0.25, 0.3) is 0 Å². The number of hydrogen-bond donors (Lipinski definition) is 0. The van der Waals surface area contributed by atoms with Gasteiger partial charge in [-0.3, -0.25) is 9.59 Å². The fraction of sp³-hybridized carbons (Fsp3) is 0.462. The number of halogens is 2. The highest BCUT2D eigenvalue weighted by Crippen LogP contribution is 2.39. The van der Waals surface area contributed by atoms with E-state index in [4.69, 9.17) is 9.47 Å². The van der Waals surface area contributed by atoms with Crippen molar-refractivity contribution in [1.82, 2.24) is 9.80 Å². The molecule has 0 unspecified atom stereocenters. The highest BCUT2D eigenvalue weighted by atomic mass is 19.1. The Labute approximate surface area is 197 Å². The van der Waals surface area contributed by atoms with E-state index >= 15 is 0 Å². The highest BCUT2D eigenvalue weighted by molar-refractivity contribution is 5.94. The summed E-state index contributed by atoms with van der Waals surface area (Å²) in [6.45, 7) is 2.69. The third kappa shape index (κ3) is 4.45. The molecule has 2 fully saturated rings. The van der Waals surface area contributed by atoms with Gasteiger partial charge in [-0.2, -0.15) is 0 Å². The van der Waals surface area contributed by atoms with Gasteiger partial charge in [-0.05, 0) is 55.5 Å². The highest BCUT2D eigenvalue weighted by Gasteiger charge is 2.36. The summed E-state index contributed by atoms with van der Waals surface area (Å²) in [7, 11) is 0. The quantitative estimate of drug-likeness (QED) is 0.670. The first kappa shape index (κ1) is 22.6. The molecular formula is C26H28F2N2O4.